The van der Waals surface area contributed by atoms with Crippen LogP contribution >= 0.6 is 0 Å². The third-order valence-electron chi connectivity index (χ3n) is 7.55. The van der Waals surface area contributed by atoms with E-state index in [2.05, 4.69) is 22.4 Å². The molecule has 4 fully saturated rings. The van der Waals surface area contributed by atoms with Gasteiger partial charge in [-0.15, -0.1) is 0 Å². The van der Waals surface area contributed by atoms with E-state index in [1.54, 1.807) is 0 Å². The Labute approximate surface area is 159 Å². The first-order valence-electron chi connectivity index (χ1n) is 10.3. The lowest BCUT2D eigenvalue weighted by Gasteiger charge is -2.54. The summed E-state index contributed by atoms with van der Waals surface area (Å²) < 4.78 is 0. The van der Waals surface area contributed by atoms with E-state index in [0.29, 0.717) is 12.0 Å². The van der Waals surface area contributed by atoms with Crippen LogP contribution in [0.4, 0.5) is 0 Å². The molecule has 0 aliphatic heterocycles. The molecule has 4 heteroatoms. The number of nitrogens with zero attached hydrogens (tertiary/aromatic N) is 1. The second kappa shape index (κ2) is 5.57. The highest BCUT2D eigenvalue weighted by atomic mass is 16.1. The van der Waals surface area contributed by atoms with E-state index in [-0.39, 0.29) is 5.78 Å². The van der Waals surface area contributed by atoms with Crippen molar-refractivity contribution in [3.63, 3.8) is 0 Å². The van der Waals surface area contributed by atoms with Crippen LogP contribution in [-0.4, -0.2) is 17.8 Å². The zero-order chi connectivity index (χ0) is 18.1. The minimum atomic E-state index is -0.504. The van der Waals surface area contributed by atoms with Crippen LogP contribution in [0.5, 0.6) is 0 Å². The van der Waals surface area contributed by atoms with Crippen LogP contribution in [0.3, 0.4) is 0 Å². The topological polar surface area (TPSA) is 67.5 Å². The number of carbonyl (C=O) groups is 1. The number of guanidine groups is 1. The number of nitrogens with one attached hydrogen (secondary N) is 1. The summed E-state index contributed by atoms with van der Waals surface area (Å²) >= 11 is 0. The van der Waals surface area contributed by atoms with Gasteiger partial charge in [0.1, 0.15) is 6.04 Å². The SMILES string of the molecule is NC(=NC1C(=O)c2cccc3cccc1c23)NC1C2CC3CC(C2)CC1C3. The predicted molar refractivity (Wildman–Crippen MR) is 107 cm³/mol. The normalized spacial score (nSPS) is 36.6. The van der Waals surface area contributed by atoms with Gasteiger partial charge in [0.2, 0.25) is 0 Å². The third-order valence-corrected chi connectivity index (χ3v) is 7.55. The van der Waals surface area contributed by atoms with Gasteiger partial charge in [-0.05, 0) is 72.1 Å². The quantitative estimate of drug-likeness (QED) is 0.633. The molecule has 138 valence electrons. The van der Waals surface area contributed by atoms with E-state index < -0.39 is 6.04 Å². The first kappa shape index (κ1) is 15.7. The molecule has 0 saturated heterocycles. The van der Waals surface area contributed by atoms with Crippen molar-refractivity contribution in [1.82, 2.24) is 5.32 Å². The molecule has 5 aliphatic rings. The van der Waals surface area contributed by atoms with E-state index >= 15 is 0 Å². The fourth-order valence-corrected chi connectivity index (χ4v) is 6.73. The second-order valence-electron chi connectivity index (χ2n) is 9.13. The summed E-state index contributed by atoms with van der Waals surface area (Å²) in [6.07, 6.45) is 6.80. The number of rotatable bonds is 2. The highest BCUT2D eigenvalue weighted by Gasteiger charge is 2.48. The van der Waals surface area contributed by atoms with Crippen LogP contribution in [0, 0.1) is 23.7 Å². The molecule has 1 atom stereocenters. The smallest absolute Gasteiger partial charge is 0.192 e. The van der Waals surface area contributed by atoms with Gasteiger partial charge in [0.05, 0.1) is 0 Å². The van der Waals surface area contributed by atoms with E-state index in [1.807, 2.05) is 24.3 Å². The maximum Gasteiger partial charge on any atom is 0.192 e. The number of carbonyl (C=O) groups excluding carboxylic acids is 1. The van der Waals surface area contributed by atoms with Crippen molar-refractivity contribution in [3.05, 3.63) is 47.5 Å². The van der Waals surface area contributed by atoms with Crippen LogP contribution in [0.2, 0.25) is 0 Å². The summed E-state index contributed by atoms with van der Waals surface area (Å²) in [4.78, 5) is 17.6. The zero-order valence-corrected chi connectivity index (χ0v) is 15.4. The summed E-state index contributed by atoms with van der Waals surface area (Å²) in [6, 6.07) is 11.9. The molecule has 3 N–H and O–H groups in total. The molecular formula is C23H25N3O. The van der Waals surface area contributed by atoms with Crippen molar-refractivity contribution in [3.8, 4) is 0 Å². The Hall–Kier alpha value is -2.36. The van der Waals surface area contributed by atoms with Crippen molar-refractivity contribution in [1.29, 1.82) is 0 Å². The average molecular weight is 359 g/mol. The molecule has 2 aromatic rings. The summed E-state index contributed by atoms with van der Waals surface area (Å²) in [6.45, 7) is 0. The number of benzene rings is 2. The van der Waals surface area contributed by atoms with E-state index in [1.165, 1.54) is 32.1 Å². The monoisotopic (exact) mass is 359 g/mol. The lowest BCUT2D eigenvalue weighted by molar-refractivity contribution is -0.00702. The fourth-order valence-electron chi connectivity index (χ4n) is 6.73. The molecule has 5 aliphatic carbocycles. The summed E-state index contributed by atoms with van der Waals surface area (Å²) in [7, 11) is 0. The fraction of sp³-hybridized carbons (Fsp3) is 0.478. The van der Waals surface area contributed by atoms with Gasteiger partial charge >= 0.3 is 0 Å². The first-order chi connectivity index (χ1) is 13.2. The van der Waals surface area contributed by atoms with Crippen LogP contribution in [0.1, 0.15) is 54.1 Å². The highest BCUT2D eigenvalue weighted by Crippen LogP contribution is 2.53. The Kier molecular flexibility index (Phi) is 3.23. The van der Waals surface area contributed by atoms with Crippen LogP contribution < -0.4 is 11.1 Å². The van der Waals surface area contributed by atoms with Crippen molar-refractivity contribution in [2.45, 2.75) is 44.2 Å². The number of Topliss-reactive ketones (excluding diaryl/α,β-unsaturated/α-hetero) is 1. The Bertz CT molecular complexity index is 945. The number of hydrogen-bond donors (Lipinski definition) is 2. The number of hydrogen-bond acceptors (Lipinski definition) is 2. The van der Waals surface area contributed by atoms with Crippen molar-refractivity contribution in [2.24, 2.45) is 34.4 Å². The van der Waals surface area contributed by atoms with Crippen molar-refractivity contribution >= 4 is 22.5 Å². The van der Waals surface area contributed by atoms with Crippen LogP contribution in [0.25, 0.3) is 10.8 Å². The molecule has 0 amide bonds. The molecule has 27 heavy (non-hydrogen) atoms. The second-order valence-corrected chi connectivity index (χ2v) is 9.13. The molecule has 0 radical (unpaired) electrons. The number of nitrogens with two attached hydrogens (primary N) is 1. The molecule has 1 unspecified atom stereocenters. The first-order valence-corrected chi connectivity index (χ1v) is 10.3. The maximum absolute atomic E-state index is 13.0. The Morgan fingerprint density at radius 2 is 1.63 bits per heavy atom. The van der Waals surface area contributed by atoms with Gasteiger partial charge in [0, 0.05) is 11.6 Å². The summed E-state index contributed by atoms with van der Waals surface area (Å²) in [5.74, 6) is 3.84. The Balaban J connectivity index is 1.29. The van der Waals surface area contributed by atoms with E-state index in [0.717, 1.165) is 45.6 Å². The van der Waals surface area contributed by atoms with Crippen molar-refractivity contribution < 1.29 is 4.79 Å². The van der Waals surface area contributed by atoms with Gasteiger partial charge in [0.15, 0.2) is 11.7 Å². The van der Waals surface area contributed by atoms with Gasteiger partial charge in [-0.3, -0.25) is 4.79 Å². The lowest BCUT2D eigenvalue weighted by Crippen LogP contribution is -2.57. The molecule has 0 spiro atoms. The van der Waals surface area contributed by atoms with Gasteiger partial charge in [-0.1, -0.05) is 36.4 Å². The lowest BCUT2D eigenvalue weighted by atomic mass is 9.54. The molecule has 0 heterocycles. The molecule has 7 rings (SSSR count). The Morgan fingerprint density at radius 1 is 0.963 bits per heavy atom. The molecule has 2 aromatic carbocycles. The van der Waals surface area contributed by atoms with Crippen LogP contribution in [-0.2, 0) is 0 Å². The molecule has 0 aromatic heterocycles. The maximum atomic E-state index is 13.0. The van der Waals surface area contributed by atoms with Gasteiger partial charge in [0.25, 0.3) is 0 Å². The third kappa shape index (κ3) is 2.28. The van der Waals surface area contributed by atoms with Gasteiger partial charge < -0.3 is 11.1 Å². The summed E-state index contributed by atoms with van der Waals surface area (Å²) in [5.41, 5.74) is 8.11. The molecular weight excluding hydrogens is 334 g/mol. The standard InChI is InChI=1S/C23H25N3O/c24-23(25-20-15-8-12-7-13(10-15)11-16(20)9-12)26-21-17-5-1-3-14-4-2-6-18(19(14)17)22(21)27/h1-6,12-13,15-16,20-21H,7-11H2,(H3,24,25,26). The van der Waals surface area contributed by atoms with Crippen molar-refractivity contribution in [2.75, 3.05) is 0 Å². The molecule has 4 nitrogen and oxygen atoms in total. The largest absolute Gasteiger partial charge is 0.370 e. The average Bonchev–Trinajstić information content (AvgIpc) is 2.92. The number of aliphatic imine (C=N–C) groups is 1. The molecule has 4 saturated carbocycles. The van der Waals surface area contributed by atoms with Crippen LogP contribution in [0.15, 0.2) is 41.4 Å². The van der Waals surface area contributed by atoms with E-state index in [4.69, 9.17) is 5.73 Å². The van der Waals surface area contributed by atoms with Gasteiger partial charge in [-0.25, -0.2) is 4.99 Å². The minimum Gasteiger partial charge on any atom is -0.370 e. The predicted octanol–water partition coefficient (Wildman–Crippen LogP) is 3.81. The zero-order valence-electron chi connectivity index (χ0n) is 15.4. The Morgan fingerprint density at radius 3 is 2.33 bits per heavy atom. The minimum absolute atomic E-state index is 0.0663. The highest BCUT2D eigenvalue weighted by molar-refractivity contribution is 6.18. The summed E-state index contributed by atoms with van der Waals surface area (Å²) in [5, 5.41) is 5.69. The number of ketones is 1. The molecule has 4 bridgehead atoms. The van der Waals surface area contributed by atoms with E-state index in [9.17, 15) is 4.79 Å². The van der Waals surface area contributed by atoms with Gasteiger partial charge in [-0.2, -0.15) is 0 Å².